The van der Waals surface area contributed by atoms with Crippen LogP contribution in [0.15, 0.2) is 30.6 Å². The Hall–Kier alpha value is -2.67. The van der Waals surface area contributed by atoms with Crippen LogP contribution in [-0.2, 0) is 47.1 Å². The van der Waals surface area contributed by atoms with E-state index in [4.69, 9.17) is 0 Å². The van der Waals surface area contributed by atoms with E-state index in [1.54, 1.807) is 24.5 Å². The minimum atomic E-state index is -0.0380. The van der Waals surface area contributed by atoms with Crippen LogP contribution in [0.3, 0.4) is 0 Å². The smallest absolute Gasteiger partial charge is 0.145 e. The number of aryl methyl sites for hydroxylation is 2. The zero-order valence-electron chi connectivity index (χ0n) is 18.0. The maximum Gasteiger partial charge on any atom is 0.145 e. The molecule has 30 heavy (non-hydrogen) atoms. The number of aromatic nitrogens is 4. The van der Waals surface area contributed by atoms with Crippen molar-refractivity contribution in [2.45, 2.75) is 65.2 Å². The SMILES string of the molecule is CC(=O)Cc1cc(CCc2cnc(CC(=O)Cc3cc(C(C)(C)C)n[nH]3)s2)ccn1. The monoisotopic (exact) mass is 424 g/mol. The molecule has 0 unspecified atom stereocenters. The Balaban J connectivity index is 1.52. The van der Waals surface area contributed by atoms with Gasteiger partial charge in [0.25, 0.3) is 0 Å². The van der Waals surface area contributed by atoms with Crippen LogP contribution in [0.25, 0.3) is 0 Å². The van der Waals surface area contributed by atoms with Gasteiger partial charge < -0.3 is 0 Å². The number of hydrogen-bond donors (Lipinski definition) is 1. The number of carbonyl (C=O) groups is 2. The molecule has 3 heterocycles. The second-order valence-electron chi connectivity index (χ2n) is 8.68. The van der Waals surface area contributed by atoms with Crippen molar-refractivity contribution in [3.8, 4) is 0 Å². The lowest BCUT2D eigenvalue weighted by Gasteiger charge is -2.13. The van der Waals surface area contributed by atoms with E-state index in [-0.39, 0.29) is 17.0 Å². The molecule has 0 spiro atoms. The van der Waals surface area contributed by atoms with Crippen LogP contribution in [0.1, 0.15) is 60.2 Å². The number of rotatable bonds is 9. The zero-order chi connectivity index (χ0) is 21.7. The summed E-state index contributed by atoms with van der Waals surface area (Å²) in [5.41, 5.74) is 3.74. The fourth-order valence-electron chi connectivity index (χ4n) is 3.13. The lowest BCUT2D eigenvalue weighted by Crippen LogP contribution is -2.11. The van der Waals surface area contributed by atoms with Gasteiger partial charge in [0.1, 0.15) is 16.6 Å². The van der Waals surface area contributed by atoms with Crippen molar-refractivity contribution in [3.05, 3.63) is 63.1 Å². The molecule has 3 rings (SSSR count). The molecule has 3 aromatic rings. The maximum atomic E-state index is 12.4. The van der Waals surface area contributed by atoms with Crippen molar-refractivity contribution in [3.63, 3.8) is 0 Å². The third kappa shape index (κ3) is 6.42. The second-order valence-corrected chi connectivity index (χ2v) is 9.87. The molecular weight excluding hydrogens is 396 g/mol. The molecule has 0 fully saturated rings. The molecule has 0 saturated heterocycles. The van der Waals surface area contributed by atoms with Gasteiger partial charge in [0.2, 0.25) is 0 Å². The average Bonchev–Trinajstić information content (AvgIpc) is 3.29. The summed E-state index contributed by atoms with van der Waals surface area (Å²) in [4.78, 5) is 33.5. The van der Waals surface area contributed by atoms with E-state index in [0.29, 0.717) is 19.3 Å². The standard InChI is InChI=1S/C23H28N4O2S/c1-15(28)9-17-10-16(7-8-24-17)5-6-20-14-25-22(30-20)13-19(29)11-18-12-21(27-26-18)23(2,3)4/h7-8,10,12,14H,5-6,9,11,13H2,1-4H3,(H,26,27). The van der Waals surface area contributed by atoms with Crippen LogP contribution < -0.4 is 0 Å². The first-order valence-electron chi connectivity index (χ1n) is 10.1. The van der Waals surface area contributed by atoms with E-state index >= 15 is 0 Å². The van der Waals surface area contributed by atoms with Gasteiger partial charge in [-0.15, -0.1) is 11.3 Å². The van der Waals surface area contributed by atoms with E-state index in [1.165, 1.54) is 0 Å². The number of H-pyrrole nitrogens is 1. The molecule has 0 radical (unpaired) electrons. The second kappa shape index (κ2) is 9.43. The Morgan fingerprint density at radius 2 is 1.87 bits per heavy atom. The van der Waals surface area contributed by atoms with E-state index < -0.39 is 0 Å². The predicted octanol–water partition coefficient (Wildman–Crippen LogP) is 3.83. The molecule has 0 aliphatic carbocycles. The number of Topliss-reactive ketones (excluding diaryl/α,β-unsaturated/α-hetero) is 2. The normalized spacial score (nSPS) is 11.6. The van der Waals surface area contributed by atoms with Gasteiger partial charge in [0.05, 0.1) is 12.1 Å². The number of ketones is 2. The van der Waals surface area contributed by atoms with Gasteiger partial charge in [-0.05, 0) is 43.5 Å². The topological polar surface area (TPSA) is 88.6 Å². The number of nitrogens with one attached hydrogen (secondary N) is 1. The first-order chi connectivity index (χ1) is 14.2. The number of carbonyl (C=O) groups excluding carboxylic acids is 2. The van der Waals surface area contributed by atoms with Gasteiger partial charge in [-0.1, -0.05) is 20.8 Å². The van der Waals surface area contributed by atoms with E-state index in [0.717, 1.165) is 45.4 Å². The highest BCUT2D eigenvalue weighted by Gasteiger charge is 2.18. The fraction of sp³-hybridized carbons (Fsp3) is 0.435. The molecule has 0 saturated carbocycles. The van der Waals surface area contributed by atoms with E-state index in [9.17, 15) is 9.59 Å². The minimum Gasteiger partial charge on any atom is -0.300 e. The number of pyridine rings is 1. The minimum absolute atomic E-state index is 0.0380. The Kier molecular flexibility index (Phi) is 6.92. The molecule has 0 atom stereocenters. The van der Waals surface area contributed by atoms with Gasteiger partial charge >= 0.3 is 0 Å². The van der Waals surface area contributed by atoms with Crippen molar-refractivity contribution in [2.24, 2.45) is 0 Å². The third-order valence-electron chi connectivity index (χ3n) is 4.71. The van der Waals surface area contributed by atoms with Crippen LogP contribution >= 0.6 is 11.3 Å². The summed E-state index contributed by atoms with van der Waals surface area (Å²) in [5, 5.41) is 8.13. The zero-order valence-corrected chi connectivity index (χ0v) is 18.8. The van der Waals surface area contributed by atoms with Crippen molar-refractivity contribution in [2.75, 3.05) is 0 Å². The molecule has 0 amide bonds. The number of hydrogen-bond acceptors (Lipinski definition) is 6. The summed E-state index contributed by atoms with van der Waals surface area (Å²) in [5.74, 6) is 0.240. The molecule has 1 N–H and O–H groups in total. The fourth-order valence-corrected chi connectivity index (χ4v) is 4.08. The average molecular weight is 425 g/mol. The highest BCUT2D eigenvalue weighted by molar-refractivity contribution is 7.11. The first-order valence-corrected chi connectivity index (χ1v) is 10.9. The summed E-state index contributed by atoms with van der Waals surface area (Å²) in [6.07, 6.45) is 6.37. The molecular formula is C23H28N4O2S. The number of nitrogens with zero attached hydrogens (tertiary/aromatic N) is 3. The quantitative estimate of drug-likeness (QED) is 0.564. The van der Waals surface area contributed by atoms with Gasteiger partial charge in [-0.3, -0.25) is 19.7 Å². The maximum absolute atomic E-state index is 12.4. The summed E-state index contributed by atoms with van der Waals surface area (Å²) < 4.78 is 0. The molecule has 0 aromatic carbocycles. The van der Waals surface area contributed by atoms with E-state index in [2.05, 4.69) is 40.9 Å². The van der Waals surface area contributed by atoms with Crippen molar-refractivity contribution < 1.29 is 9.59 Å². The summed E-state index contributed by atoms with van der Waals surface area (Å²) in [6.45, 7) is 7.87. The number of aromatic amines is 1. The highest BCUT2D eigenvalue weighted by Crippen LogP contribution is 2.21. The lowest BCUT2D eigenvalue weighted by atomic mass is 9.92. The van der Waals surface area contributed by atoms with Crippen LogP contribution in [0.4, 0.5) is 0 Å². The number of thiazole rings is 1. The third-order valence-corrected chi connectivity index (χ3v) is 5.76. The van der Waals surface area contributed by atoms with Crippen LogP contribution in [0.2, 0.25) is 0 Å². The Bertz CT molecular complexity index is 1030. The van der Waals surface area contributed by atoms with Gasteiger partial charge in [-0.2, -0.15) is 5.10 Å². The molecule has 7 heteroatoms. The molecule has 158 valence electrons. The van der Waals surface area contributed by atoms with Gasteiger partial charge in [-0.25, -0.2) is 4.98 Å². The Labute approximate surface area is 181 Å². The predicted molar refractivity (Wildman–Crippen MR) is 118 cm³/mol. The summed E-state index contributed by atoms with van der Waals surface area (Å²) in [6, 6.07) is 5.94. The molecule has 0 aliphatic heterocycles. The molecule has 3 aromatic heterocycles. The Morgan fingerprint density at radius 1 is 1.07 bits per heavy atom. The van der Waals surface area contributed by atoms with E-state index in [1.807, 2.05) is 24.4 Å². The molecule has 6 nitrogen and oxygen atoms in total. The Morgan fingerprint density at radius 3 is 2.57 bits per heavy atom. The van der Waals surface area contributed by atoms with Crippen LogP contribution in [-0.4, -0.2) is 31.7 Å². The van der Waals surface area contributed by atoms with Crippen molar-refractivity contribution >= 4 is 22.9 Å². The summed E-state index contributed by atoms with van der Waals surface area (Å²) in [7, 11) is 0. The highest BCUT2D eigenvalue weighted by atomic mass is 32.1. The van der Waals surface area contributed by atoms with Crippen LogP contribution in [0, 0.1) is 0 Å². The summed E-state index contributed by atoms with van der Waals surface area (Å²) >= 11 is 1.59. The van der Waals surface area contributed by atoms with Crippen LogP contribution in [0.5, 0.6) is 0 Å². The first kappa shape index (κ1) is 22.0. The molecule has 0 aliphatic rings. The van der Waals surface area contributed by atoms with Crippen molar-refractivity contribution in [1.82, 2.24) is 20.2 Å². The van der Waals surface area contributed by atoms with Gasteiger partial charge in [0, 0.05) is 46.9 Å². The van der Waals surface area contributed by atoms with Gasteiger partial charge in [0.15, 0.2) is 0 Å². The van der Waals surface area contributed by atoms with Crippen molar-refractivity contribution in [1.29, 1.82) is 0 Å². The lowest BCUT2D eigenvalue weighted by molar-refractivity contribution is -0.118. The molecule has 0 bridgehead atoms. The largest absolute Gasteiger partial charge is 0.300 e.